The van der Waals surface area contributed by atoms with E-state index < -0.39 is 0 Å². The van der Waals surface area contributed by atoms with Crippen LogP contribution in [0.1, 0.15) is 25.7 Å². The van der Waals surface area contributed by atoms with Gasteiger partial charge in [-0.2, -0.15) is 0 Å². The van der Waals surface area contributed by atoms with Gasteiger partial charge < -0.3 is 10.6 Å². The second kappa shape index (κ2) is 6.43. The molecule has 0 radical (unpaired) electrons. The molecule has 18 heavy (non-hydrogen) atoms. The molecule has 1 saturated carbocycles. The van der Waals surface area contributed by atoms with Crippen LogP contribution in [0.5, 0.6) is 0 Å². The Morgan fingerprint density at radius 1 is 1.39 bits per heavy atom. The number of nitrogens with one attached hydrogen (secondary N) is 2. The maximum Gasteiger partial charge on any atom is 0.239 e. The zero-order valence-electron chi connectivity index (χ0n) is 10.0. The first-order valence-corrected chi connectivity index (χ1v) is 7.31. The highest BCUT2D eigenvalue weighted by molar-refractivity contribution is 9.10. The van der Waals surface area contributed by atoms with Gasteiger partial charge in [0, 0.05) is 6.04 Å². The van der Waals surface area contributed by atoms with Crippen molar-refractivity contribution in [2.24, 2.45) is 0 Å². The fourth-order valence-corrected chi connectivity index (χ4v) is 2.74. The number of rotatable bonds is 4. The van der Waals surface area contributed by atoms with Gasteiger partial charge in [-0.3, -0.25) is 4.79 Å². The second-order valence-electron chi connectivity index (χ2n) is 4.50. The second-order valence-corrected chi connectivity index (χ2v) is 5.70. The molecule has 0 aliphatic heterocycles. The Bertz CT molecular complexity index is 433. The Morgan fingerprint density at radius 2 is 2.11 bits per heavy atom. The quantitative estimate of drug-likeness (QED) is 0.885. The smallest absolute Gasteiger partial charge is 0.239 e. The molecule has 3 nitrogen and oxygen atoms in total. The maximum absolute atomic E-state index is 11.7. The van der Waals surface area contributed by atoms with Crippen molar-refractivity contribution in [1.29, 1.82) is 0 Å². The van der Waals surface area contributed by atoms with E-state index >= 15 is 0 Å². The average Bonchev–Trinajstić information content (AvgIpc) is 2.84. The molecule has 0 atom stereocenters. The molecule has 0 aromatic heterocycles. The van der Waals surface area contributed by atoms with Crippen LogP contribution in [0, 0.1) is 0 Å². The van der Waals surface area contributed by atoms with Crippen LogP contribution in [-0.2, 0) is 4.79 Å². The molecule has 5 heteroatoms. The lowest BCUT2D eigenvalue weighted by Gasteiger charge is -2.13. The summed E-state index contributed by atoms with van der Waals surface area (Å²) < 4.78 is 0.792. The van der Waals surface area contributed by atoms with Gasteiger partial charge in [0.15, 0.2) is 0 Å². The first-order chi connectivity index (χ1) is 8.66. The van der Waals surface area contributed by atoms with Crippen molar-refractivity contribution >= 4 is 39.1 Å². The van der Waals surface area contributed by atoms with Crippen LogP contribution in [-0.4, -0.2) is 18.5 Å². The molecular weight excluding hydrogens is 316 g/mol. The fraction of sp³-hybridized carbons (Fsp3) is 0.462. The number of amides is 1. The van der Waals surface area contributed by atoms with Crippen LogP contribution in [0.4, 0.5) is 5.69 Å². The van der Waals surface area contributed by atoms with Crippen molar-refractivity contribution in [2.45, 2.75) is 31.7 Å². The maximum atomic E-state index is 11.7. The molecule has 0 heterocycles. The molecule has 1 amide bonds. The summed E-state index contributed by atoms with van der Waals surface area (Å²) in [5.41, 5.74) is 0.837. The molecule has 1 aliphatic rings. The van der Waals surface area contributed by atoms with Gasteiger partial charge in [-0.15, -0.1) is 0 Å². The largest absolute Gasteiger partial charge is 0.375 e. The van der Waals surface area contributed by atoms with Gasteiger partial charge in [0.05, 0.1) is 21.7 Å². The Labute approximate surface area is 120 Å². The van der Waals surface area contributed by atoms with Crippen molar-refractivity contribution < 1.29 is 4.79 Å². The fourth-order valence-electron chi connectivity index (χ4n) is 2.16. The molecule has 0 spiro atoms. The molecule has 1 aliphatic carbocycles. The Balaban J connectivity index is 1.83. The molecule has 98 valence electrons. The summed E-state index contributed by atoms with van der Waals surface area (Å²) >= 11 is 9.37. The first kappa shape index (κ1) is 13.7. The van der Waals surface area contributed by atoms with Gasteiger partial charge in [-0.1, -0.05) is 30.5 Å². The molecule has 2 rings (SSSR count). The number of hydrogen-bond donors (Lipinski definition) is 2. The summed E-state index contributed by atoms with van der Waals surface area (Å²) in [5, 5.41) is 6.75. The topological polar surface area (TPSA) is 41.1 Å². The third-order valence-corrected chi connectivity index (χ3v) is 4.51. The lowest BCUT2D eigenvalue weighted by atomic mass is 10.2. The van der Waals surface area contributed by atoms with Gasteiger partial charge in [-0.05, 0) is 40.9 Å². The molecule has 2 N–H and O–H groups in total. The molecule has 1 fully saturated rings. The van der Waals surface area contributed by atoms with Gasteiger partial charge in [0.1, 0.15) is 0 Å². The number of halogens is 2. The van der Waals surface area contributed by atoms with Crippen molar-refractivity contribution in [3.63, 3.8) is 0 Å². The average molecular weight is 332 g/mol. The van der Waals surface area contributed by atoms with E-state index in [1.165, 1.54) is 12.8 Å². The summed E-state index contributed by atoms with van der Waals surface area (Å²) in [6.45, 7) is 0.273. The summed E-state index contributed by atoms with van der Waals surface area (Å²) in [7, 11) is 0. The number of anilines is 1. The number of hydrogen-bond acceptors (Lipinski definition) is 2. The van der Waals surface area contributed by atoms with Gasteiger partial charge in [0.2, 0.25) is 5.91 Å². The molecular formula is C13H16BrClN2O. The minimum Gasteiger partial charge on any atom is -0.375 e. The lowest BCUT2D eigenvalue weighted by molar-refractivity contribution is -0.120. The van der Waals surface area contributed by atoms with Gasteiger partial charge >= 0.3 is 0 Å². The molecule has 1 aromatic carbocycles. The molecule has 0 saturated heterocycles. The predicted octanol–water partition coefficient (Wildman–Crippen LogP) is 3.57. The highest BCUT2D eigenvalue weighted by Gasteiger charge is 2.16. The number of carbonyl (C=O) groups is 1. The highest BCUT2D eigenvalue weighted by Crippen LogP contribution is 2.29. The number of benzene rings is 1. The normalized spacial score (nSPS) is 15.7. The van der Waals surface area contributed by atoms with Gasteiger partial charge in [0.25, 0.3) is 0 Å². The first-order valence-electron chi connectivity index (χ1n) is 6.14. The van der Waals surface area contributed by atoms with Gasteiger partial charge in [-0.25, -0.2) is 0 Å². The van der Waals surface area contributed by atoms with Crippen LogP contribution in [0.3, 0.4) is 0 Å². The van der Waals surface area contributed by atoms with Crippen molar-refractivity contribution in [3.8, 4) is 0 Å². The zero-order chi connectivity index (χ0) is 13.0. The van der Waals surface area contributed by atoms with Crippen LogP contribution in [0.2, 0.25) is 5.02 Å². The van der Waals surface area contributed by atoms with E-state index in [-0.39, 0.29) is 12.5 Å². The number of carbonyl (C=O) groups excluding carboxylic acids is 1. The van der Waals surface area contributed by atoms with Crippen LogP contribution < -0.4 is 10.6 Å². The highest BCUT2D eigenvalue weighted by atomic mass is 79.9. The van der Waals surface area contributed by atoms with E-state index in [2.05, 4.69) is 26.6 Å². The Morgan fingerprint density at radius 3 is 2.83 bits per heavy atom. The zero-order valence-corrected chi connectivity index (χ0v) is 12.4. The van der Waals surface area contributed by atoms with E-state index in [1.807, 2.05) is 12.1 Å². The van der Waals surface area contributed by atoms with Crippen molar-refractivity contribution in [3.05, 3.63) is 27.7 Å². The van der Waals surface area contributed by atoms with E-state index in [4.69, 9.17) is 11.6 Å². The SMILES string of the molecule is O=C(CNc1cccc(Cl)c1Br)NC1CCCC1. The van der Waals surface area contributed by atoms with Crippen molar-refractivity contribution in [1.82, 2.24) is 5.32 Å². The standard InChI is InChI=1S/C13H16BrClN2O/c14-13-10(15)6-3-7-11(13)16-8-12(18)17-9-4-1-2-5-9/h3,6-7,9,16H,1-2,4-5,8H2,(H,17,18). The van der Waals surface area contributed by atoms with E-state index in [9.17, 15) is 4.79 Å². The molecule has 0 bridgehead atoms. The van der Waals surface area contributed by atoms with E-state index in [0.717, 1.165) is 23.0 Å². The third-order valence-electron chi connectivity index (χ3n) is 3.11. The summed E-state index contributed by atoms with van der Waals surface area (Å²) in [6, 6.07) is 5.90. The van der Waals surface area contributed by atoms with E-state index in [0.29, 0.717) is 11.1 Å². The van der Waals surface area contributed by atoms with Crippen LogP contribution >= 0.6 is 27.5 Å². The Hall–Kier alpha value is -0.740. The minimum atomic E-state index is 0.0359. The Kier molecular flexibility index (Phi) is 4.89. The molecule has 0 unspecified atom stereocenters. The van der Waals surface area contributed by atoms with E-state index in [1.54, 1.807) is 6.07 Å². The predicted molar refractivity (Wildman–Crippen MR) is 78.0 cm³/mol. The molecule has 1 aromatic rings. The van der Waals surface area contributed by atoms with Crippen LogP contribution in [0.15, 0.2) is 22.7 Å². The summed E-state index contributed by atoms with van der Waals surface area (Å²) in [4.78, 5) is 11.7. The summed E-state index contributed by atoms with van der Waals surface area (Å²) in [6.07, 6.45) is 4.65. The minimum absolute atomic E-state index is 0.0359. The van der Waals surface area contributed by atoms with Crippen molar-refractivity contribution in [2.75, 3.05) is 11.9 Å². The third kappa shape index (κ3) is 3.62. The van der Waals surface area contributed by atoms with Crippen LogP contribution in [0.25, 0.3) is 0 Å². The lowest BCUT2D eigenvalue weighted by Crippen LogP contribution is -2.36. The monoisotopic (exact) mass is 330 g/mol. The summed E-state index contributed by atoms with van der Waals surface area (Å²) in [5.74, 6) is 0.0359.